The van der Waals surface area contributed by atoms with Gasteiger partial charge in [0.1, 0.15) is 0 Å². The van der Waals surface area contributed by atoms with Gasteiger partial charge in [0, 0.05) is 15.9 Å². The molecule has 0 saturated heterocycles. The molecule has 2 nitrogen and oxygen atoms in total. The zero-order chi connectivity index (χ0) is 24.3. The van der Waals surface area contributed by atoms with Gasteiger partial charge in [0.15, 0.2) is 11.5 Å². The van der Waals surface area contributed by atoms with Gasteiger partial charge in [0.25, 0.3) is 0 Å². The number of benzene rings is 5. The Morgan fingerprint density at radius 3 is 1.58 bits per heavy atom. The molecule has 176 valence electrons. The van der Waals surface area contributed by atoms with Gasteiger partial charge in [-0.15, -0.1) is 0 Å². The summed E-state index contributed by atoms with van der Waals surface area (Å²) in [5.74, 6) is 1.74. The maximum Gasteiger partial charge on any atom is 0.152 e. The van der Waals surface area contributed by atoms with Crippen molar-refractivity contribution < 1.29 is 4.74 Å². The van der Waals surface area contributed by atoms with Crippen LogP contribution in [0.2, 0.25) is 6.04 Å². The lowest BCUT2D eigenvalue weighted by molar-refractivity contribution is 0.477. The highest BCUT2D eigenvalue weighted by atomic mass is 28.1. The van der Waals surface area contributed by atoms with E-state index in [1.165, 1.54) is 39.4 Å². The normalized spacial score (nSPS) is 12.1. The molecule has 0 amide bonds. The second-order valence-electron chi connectivity index (χ2n) is 9.30. The van der Waals surface area contributed by atoms with Crippen LogP contribution in [0.4, 0.5) is 17.1 Å². The Bertz CT molecular complexity index is 1390. The Kier molecular flexibility index (Phi) is 6.14. The van der Waals surface area contributed by atoms with Crippen LogP contribution in [0.25, 0.3) is 22.3 Å². The van der Waals surface area contributed by atoms with Gasteiger partial charge in [0.2, 0.25) is 0 Å². The minimum atomic E-state index is 0.870. The van der Waals surface area contributed by atoms with Gasteiger partial charge in [-0.05, 0) is 70.6 Å². The number of hydrogen-bond acceptors (Lipinski definition) is 2. The van der Waals surface area contributed by atoms with Crippen molar-refractivity contribution in [2.75, 3.05) is 4.90 Å². The molecule has 1 aliphatic heterocycles. The van der Waals surface area contributed by atoms with Crippen molar-refractivity contribution in [2.45, 2.75) is 18.9 Å². The molecular weight excluding hydrogens is 454 g/mol. The Morgan fingerprint density at radius 2 is 1.08 bits per heavy atom. The number of ether oxygens (including phenoxy) is 1. The molecule has 0 aromatic heterocycles. The van der Waals surface area contributed by atoms with E-state index in [9.17, 15) is 0 Å². The summed E-state index contributed by atoms with van der Waals surface area (Å²) in [6.07, 6.45) is 2.43. The fraction of sp³-hybridized carbons (Fsp3) is 0.0909. The monoisotopic (exact) mass is 483 g/mol. The fourth-order valence-corrected chi connectivity index (χ4v) is 5.25. The van der Waals surface area contributed by atoms with Gasteiger partial charge in [0.05, 0.1) is 11.4 Å². The van der Waals surface area contributed by atoms with Crippen LogP contribution >= 0.6 is 0 Å². The van der Waals surface area contributed by atoms with E-state index in [-0.39, 0.29) is 0 Å². The van der Waals surface area contributed by atoms with E-state index in [2.05, 4.69) is 114 Å². The predicted octanol–water partition coefficient (Wildman–Crippen LogP) is 8.31. The number of fused-ring (bicyclic) bond motifs is 2. The molecule has 0 aliphatic carbocycles. The summed E-state index contributed by atoms with van der Waals surface area (Å²) in [6, 6.07) is 44.4. The molecule has 3 heteroatoms. The number of hydrogen-bond donors (Lipinski definition) is 0. The molecule has 0 bridgehead atoms. The first kappa shape index (κ1) is 22.4. The lowest BCUT2D eigenvalue weighted by Crippen LogP contribution is -2.16. The molecule has 36 heavy (non-hydrogen) atoms. The molecule has 0 fully saturated rings. The number of anilines is 3. The molecule has 1 aliphatic rings. The zero-order valence-corrected chi connectivity index (χ0v) is 22.5. The summed E-state index contributed by atoms with van der Waals surface area (Å²) in [4.78, 5) is 2.33. The van der Waals surface area contributed by atoms with Gasteiger partial charge < -0.3 is 9.64 Å². The quantitative estimate of drug-likeness (QED) is 0.221. The zero-order valence-electron chi connectivity index (χ0n) is 20.5. The molecule has 1 heterocycles. The Morgan fingerprint density at radius 1 is 0.556 bits per heavy atom. The first-order chi connectivity index (χ1) is 17.8. The number of aryl methyl sites for hydroxylation is 1. The molecule has 6 rings (SSSR count). The SMILES string of the molecule is [SiH3]CCCc1ccc(N2c3ccc(-c4ccccc4)cc3Oc3cc(-c4ccccc4)ccc32)cc1. The van der Waals surface area contributed by atoms with E-state index >= 15 is 0 Å². The van der Waals surface area contributed by atoms with E-state index in [4.69, 9.17) is 4.74 Å². The minimum Gasteiger partial charge on any atom is -0.453 e. The minimum absolute atomic E-state index is 0.870. The van der Waals surface area contributed by atoms with Crippen LogP contribution in [0.15, 0.2) is 121 Å². The Balaban J connectivity index is 1.46. The molecule has 0 saturated carbocycles. The highest BCUT2D eigenvalue weighted by molar-refractivity contribution is 6.08. The topological polar surface area (TPSA) is 12.5 Å². The first-order valence-electron chi connectivity index (χ1n) is 12.8. The van der Waals surface area contributed by atoms with Crippen LogP contribution in [0.1, 0.15) is 12.0 Å². The van der Waals surface area contributed by atoms with Crippen molar-refractivity contribution >= 4 is 27.3 Å². The van der Waals surface area contributed by atoms with Crippen molar-refractivity contribution in [3.63, 3.8) is 0 Å². The smallest absolute Gasteiger partial charge is 0.152 e. The van der Waals surface area contributed by atoms with E-state index in [0.29, 0.717) is 0 Å². The van der Waals surface area contributed by atoms with Crippen molar-refractivity contribution in [1.82, 2.24) is 0 Å². The van der Waals surface area contributed by atoms with Gasteiger partial charge in [-0.2, -0.15) is 0 Å². The highest BCUT2D eigenvalue weighted by Gasteiger charge is 2.26. The van der Waals surface area contributed by atoms with Crippen molar-refractivity contribution in [2.24, 2.45) is 0 Å². The molecule has 5 aromatic carbocycles. The molecule has 0 spiro atoms. The van der Waals surface area contributed by atoms with Gasteiger partial charge in [-0.1, -0.05) is 97.4 Å². The van der Waals surface area contributed by atoms with Crippen molar-refractivity contribution in [3.8, 4) is 33.8 Å². The van der Waals surface area contributed by atoms with Gasteiger partial charge >= 0.3 is 0 Å². The highest BCUT2D eigenvalue weighted by Crippen LogP contribution is 2.52. The summed E-state index contributed by atoms with van der Waals surface area (Å²) in [6.45, 7) is 0. The largest absolute Gasteiger partial charge is 0.453 e. The lowest BCUT2D eigenvalue weighted by Gasteiger charge is -2.33. The number of rotatable bonds is 6. The summed E-state index contributed by atoms with van der Waals surface area (Å²) in [5.41, 5.74) is 9.33. The Labute approximate surface area is 216 Å². The van der Waals surface area contributed by atoms with Crippen LogP contribution in [0.3, 0.4) is 0 Å². The van der Waals surface area contributed by atoms with Crippen LogP contribution in [0.5, 0.6) is 11.5 Å². The average molecular weight is 484 g/mol. The average Bonchev–Trinajstić information content (AvgIpc) is 2.95. The maximum absolute atomic E-state index is 6.59. The fourth-order valence-electron chi connectivity index (χ4n) is 4.90. The molecule has 5 aromatic rings. The summed E-state index contributed by atoms with van der Waals surface area (Å²) in [7, 11) is 1.27. The summed E-state index contributed by atoms with van der Waals surface area (Å²) in [5, 5.41) is 0. The maximum atomic E-state index is 6.59. The number of nitrogens with zero attached hydrogens (tertiary/aromatic N) is 1. The third kappa shape index (κ3) is 4.34. The van der Waals surface area contributed by atoms with Crippen molar-refractivity contribution in [1.29, 1.82) is 0 Å². The van der Waals surface area contributed by atoms with Crippen LogP contribution in [-0.2, 0) is 6.42 Å². The third-order valence-electron chi connectivity index (χ3n) is 6.85. The Hall–Kier alpha value is -4.08. The predicted molar refractivity (Wildman–Crippen MR) is 155 cm³/mol. The van der Waals surface area contributed by atoms with Crippen LogP contribution in [-0.4, -0.2) is 10.2 Å². The van der Waals surface area contributed by atoms with Crippen LogP contribution < -0.4 is 9.64 Å². The van der Waals surface area contributed by atoms with Gasteiger partial charge in [-0.25, -0.2) is 0 Å². The molecule has 0 radical (unpaired) electrons. The van der Waals surface area contributed by atoms with E-state index in [0.717, 1.165) is 46.1 Å². The summed E-state index contributed by atoms with van der Waals surface area (Å²) < 4.78 is 6.59. The summed E-state index contributed by atoms with van der Waals surface area (Å²) >= 11 is 0. The molecule has 0 atom stereocenters. The van der Waals surface area contributed by atoms with Crippen molar-refractivity contribution in [3.05, 3.63) is 127 Å². The molecule has 0 N–H and O–H groups in total. The second-order valence-corrected chi connectivity index (χ2v) is 10.3. The molecule has 0 unspecified atom stereocenters. The first-order valence-corrected chi connectivity index (χ1v) is 14.2. The van der Waals surface area contributed by atoms with E-state index < -0.39 is 0 Å². The molecular formula is C33H29NOSi. The van der Waals surface area contributed by atoms with E-state index in [1.807, 2.05) is 12.1 Å². The van der Waals surface area contributed by atoms with Crippen LogP contribution in [0, 0.1) is 0 Å². The standard InChI is InChI=1S/C33H29NOSi/c36-21-7-8-24-13-17-29(18-14-24)34-30-19-15-27(25-9-3-1-4-10-25)22-32(30)35-33-23-28(16-20-31(33)34)26-11-5-2-6-12-26/h1-6,9-20,22-23H,7-8,21H2,36H3. The lowest BCUT2D eigenvalue weighted by atomic mass is 10.0. The van der Waals surface area contributed by atoms with E-state index in [1.54, 1.807) is 0 Å². The third-order valence-corrected chi connectivity index (χ3v) is 7.56. The van der Waals surface area contributed by atoms with Gasteiger partial charge in [-0.3, -0.25) is 0 Å². The second kappa shape index (κ2) is 9.88.